The van der Waals surface area contributed by atoms with E-state index in [0.717, 1.165) is 25.1 Å². The van der Waals surface area contributed by atoms with Crippen LogP contribution in [0.25, 0.3) is 0 Å². The Morgan fingerprint density at radius 2 is 2.00 bits per heavy atom. The maximum Gasteiger partial charge on any atom is 0.0807 e. The molecule has 3 heteroatoms. The van der Waals surface area contributed by atoms with Gasteiger partial charge in [-0.05, 0) is 48.6 Å². The Hall–Kier alpha value is -1.51. The summed E-state index contributed by atoms with van der Waals surface area (Å²) in [5, 5.41) is 11.0. The molecule has 0 saturated carbocycles. The van der Waals surface area contributed by atoms with Crippen LogP contribution in [-0.4, -0.2) is 18.2 Å². The van der Waals surface area contributed by atoms with Gasteiger partial charge in [0.2, 0.25) is 0 Å². The normalized spacial score (nSPS) is 15.6. The molecule has 2 aromatic carbocycles. The van der Waals surface area contributed by atoms with Crippen molar-refractivity contribution in [3.8, 4) is 0 Å². The molecule has 1 aliphatic heterocycles. The topological polar surface area (TPSA) is 23.5 Å². The molecule has 3 rings (SSSR count). The Morgan fingerprint density at radius 1 is 1.14 bits per heavy atom. The van der Waals surface area contributed by atoms with Crippen molar-refractivity contribution < 1.29 is 5.11 Å². The highest BCUT2D eigenvalue weighted by molar-refractivity contribution is 6.30. The van der Waals surface area contributed by atoms with Gasteiger partial charge in [0.15, 0.2) is 0 Å². The average Bonchev–Trinajstić information content (AvgIpc) is 2.52. The van der Waals surface area contributed by atoms with E-state index in [-0.39, 0.29) is 0 Å². The van der Waals surface area contributed by atoms with Gasteiger partial charge in [-0.2, -0.15) is 0 Å². The predicted octanol–water partition coefficient (Wildman–Crippen LogP) is 4.22. The van der Waals surface area contributed by atoms with Crippen LogP contribution in [0.15, 0.2) is 48.5 Å². The third kappa shape index (κ3) is 3.39. The van der Waals surface area contributed by atoms with Crippen molar-refractivity contribution in [2.75, 3.05) is 18.0 Å². The van der Waals surface area contributed by atoms with E-state index in [1.807, 2.05) is 24.3 Å². The van der Waals surface area contributed by atoms with E-state index in [1.165, 1.54) is 17.7 Å². The van der Waals surface area contributed by atoms with Gasteiger partial charge in [-0.25, -0.2) is 0 Å². The quantitative estimate of drug-likeness (QED) is 0.914. The summed E-state index contributed by atoms with van der Waals surface area (Å²) in [4.78, 5) is 2.38. The van der Waals surface area contributed by atoms with E-state index in [4.69, 9.17) is 11.6 Å². The second-order valence-electron chi connectivity index (χ2n) is 5.58. The fourth-order valence-electron chi connectivity index (χ4n) is 3.00. The summed E-state index contributed by atoms with van der Waals surface area (Å²) in [5.74, 6) is 0. The van der Waals surface area contributed by atoms with Gasteiger partial charge < -0.3 is 10.0 Å². The minimum atomic E-state index is -0.460. The van der Waals surface area contributed by atoms with Crippen molar-refractivity contribution in [2.45, 2.75) is 25.4 Å². The first-order valence-electron chi connectivity index (χ1n) is 7.50. The number of aryl methyl sites for hydroxylation is 1. The molecule has 1 atom stereocenters. The van der Waals surface area contributed by atoms with Crippen LogP contribution in [0.2, 0.25) is 5.02 Å². The van der Waals surface area contributed by atoms with Gasteiger partial charge in [-0.1, -0.05) is 41.9 Å². The zero-order chi connectivity index (χ0) is 14.7. The Labute approximate surface area is 131 Å². The zero-order valence-corrected chi connectivity index (χ0v) is 12.8. The fraction of sp³-hybridized carbons (Fsp3) is 0.333. The molecule has 0 bridgehead atoms. The number of para-hydroxylation sites is 1. The van der Waals surface area contributed by atoms with E-state index in [9.17, 15) is 5.11 Å². The number of rotatable bonds is 4. The zero-order valence-electron chi connectivity index (χ0n) is 12.0. The maximum atomic E-state index is 10.3. The van der Waals surface area contributed by atoms with Crippen LogP contribution in [0.3, 0.4) is 0 Å². The molecule has 1 heterocycles. The second-order valence-corrected chi connectivity index (χ2v) is 6.02. The first-order chi connectivity index (χ1) is 10.2. The molecule has 110 valence electrons. The summed E-state index contributed by atoms with van der Waals surface area (Å²) in [5.41, 5.74) is 3.64. The molecule has 1 aliphatic rings. The molecule has 0 radical (unpaired) electrons. The Bertz CT molecular complexity index is 614. The van der Waals surface area contributed by atoms with Crippen LogP contribution >= 0.6 is 11.6 Å². The fourth-order valence-corrected chi connectivity index (χ4v) is 3.20. The third-order valence-corrected chi connectivity index (χ3v) is 4.35. The number of fused-ring (bicyclic) bond motifs is 1. The highest BCUT2D eigenvalue weighted by Gasteiger charge is 2.17. The molecule has 1 N–H and O–H groups in total. The van der Waals surface area contributed by atoms with Crippen LogP contribution in [0, 0.1) is 0 Å². The molecule has 2 nitrogen and oxygen atoms in total. The Kier molecular flexibility index (Phi) is 4.47. The number of anilines is 1. The van der Waals surface area contributed by atoms with E-state index < -0.39 is 6.10 Å². The van der Waals surface area contributed by atoms with Crippen LogP contribution in [0.5, 0.6) is 0 Å². The van der Waals surface area contributed by atoms with Crippen molar-refractivity contribution in [1.82, 2.24) is 0 Å². The largest absolute Gasteiger partial charge is 0.388 e. The summed E-state index contributed by atoms with van der Waals surface area (Å²) in [6.45, 7) is 1.93. The first-order valence-corrected chi connectivity index (χ1v) is 7.88. The van der Waals surface area contributed by atoms with Crippen molar-refractivity contribution in [2.24, 2.45) is 0 Å². The number of nitrogens with zero attached hydrogens (tertiary/aromatic N) is 1. The molecule has 21 heavy (non-hydrogen) atoms. The average molecular weight is 302 g/mol. The van der Waals surface area contributed by atoms with Gasteiger partial charge in [0.25, 0.3) is 0 Å². The number of aliphatic hydroxyl groups is 1. The standard InChI is InChI=1S/C18H20ClNO/c19-16-8-3-6-15(13-16)18(21)10-12-20-11-4-7-14-5-1-2-9-17(14)20/h1-3,5-6,8-9,13,18,21H,4,7,10-12H2. The number of hydrogen-bond donors (Lipinski definition) is 1. The van der Waals surface area contributed by atoms with Gasteiger partial charge in [0.1, 0.15) is 0 Å². The van der Waals surface area contributed by atoms with Crippen LogP contribution in [-0.2, 0) is 6.42 Å². The van der Waals surface area contributed by atoms with Crippen molar-refractivity contribution >= 4 is 17.3 Å². The van der Waals surface area contributed by atoms with Gasteiger partial charge >= 0.3 is 0 Å². The molecular formula is C18H20ClNO. The number of halogens is 1. The molecule has 0 amide bonds. The predicted molar refractivity (Wildman–Crippen MR) is 88.0 cm³/mol. The molecule has 0 aromatic heterocycles. The maximum absolute atomic E-state index is 10.3. The smallest absolute Gasteiger partial charge is 0.0807 e. The van der Waals surface area contributed by atoms with Gasteiger partial charge in [0.05, 0.1) is 6.10 Å². The third-order valence-electron chi connectivity index (χ3n) is 4.11. The Balaban J connectivity index is 1.66. The lowest BCUT2D eigenvalue weighted by atomic mass is 10.0. The van der Waals surface area contributed by atoms with Crippen molar-refractivity contribution in [3.05, 3.63) is 64.7 Å². The van der Waals surface area contributed by atoms with E-state index in [0.29, 0.717) is 11.4 Å². The summed E-state index contributed by atoms with van der Waals surface area (Å²) >= 11 is 5.98. The lowest BCUT2D eigenvalue weighted by Crippen LogP contribution is -2.31. The van der Waals surface area contributed by atoms with E-state index >= 15 is 0 Å². The van der Waals surface area contributed by atoms with Gasteiger partial charge in [-0.15, -0.1) is 0 Å². The van der Waals surface area contributed by atoms with Crippen LogP contribution in [0.1, 0.15) is 30.1 Å². The SMILES string of the molecule is OC(CCN1CCCc2ccccc21)c1cccc(Cl)c1. The summed E-state index contributed by atoms with van der Waals surface area (Å²) in [6, 6.07) is 16.1. The van der Waals surface area contributed by atoms with Gasteiger partial charge in [-0.3, -0.25) is 0 Å². The van der Waals surface area contributed by atoms with E-state index in [2.05, 4.69) is 29.2 Å². The van der Waals surface area contributed by atoms with E-state index in [1.54, 1.807) is 0 Å². The minimum absolute atomic E-state index is 0.460. The first kappa shape index (κ1) is 14.4. The lowest BCUT2D eigenvalue weighted by molar-refractivity contribution is 0.169. The summed E-state index contributed by atoms with van der Waals surface area (Å²) in [7, 11) is 0. The number of aliphatic hydroxyl groups excluding tert-OH is 1. The number of hydrogen-bond acceptors (Lipinski definition) is 2. The molecule has 0 aliphatic carbocycles. The second kappa shape index (κ2) is 6.50. The molecular weight excluding hydrogens is 282 g/mol. The molecule has 2 aromatic rings. The van der Waals surface area contributed by atoms with Crippen molar-refractivity contribution in [3.63, 3.8) is 0 Å². The monoisotopic (exact) mass is 301 g/mol. The highest BCUT2D eigenvalue weighted by Crippen LogP contribution is 2.28. The number of benzene rings is 2. The Morgan fingerprint density at radius 3 is 2.86 bits per heavy atom. The molecule has 0 spiro atoms. The summed E-state index contributed by atoms with van der Waals surface area (Å²) < 4.78 is 0. The van der Waals surface area contributed by atoms with Crippen molar-refractivity contribution in [1.29, 1.82) is 0 Å². The van der Waals surface area contributed by atoms with Crippen LogP contribution in [0.4, 0.5) is 5.69 Å². The molecule has 0 fully saturated rings. The minimum Gasteiger partial charge on any atom is -0.388 e. The molecule has 0 saturated heterocycles. The van der Waals surface area contributed by atoms with Crippen LogP contribution < -0.4 is 4.90 Å². The highest BCUT2D eigenvalue weighted by atomic mass is 35.5. The van der Waals surface area contributed by atoms with Gasteiger partial charge in [0, 0.05) is 23.8 Å². The summed E-state index contributed by atoms with van der Waals surface area (Å²) in [6.07, 6.45) is 2.60. The molecule has 1 unspecified atom stereocenters. The lowest BCUT2D eigenvalue weighted by Gasteiger charge is -2.32.